The molecule has 3 rings (SSSR count). The highest BCUT2D eigenvalue weighted by Crippen LogP contribution is 2.31. The van der Waals surface area contributed by atoms with Crippen LogP contribution in [0.25, 0.3) is 22.5 Å². The van der Waals surface area contributed by atoms with Crippen molar-refractivity contribution in [3.63, 3.8) is 0 Å². The largest absolute Gasteiger partial charge is 0.428 e. The van der Waals surface area contributed by atoms with Crippen LogP contribution in [0.4, 0.5) is 0 Å². The van der Waals surface area contributed by atoms with Crippen molar-refractivity contribution in [1.29, 1.82) is 0 Å². The highest BCUT2D eigenvalue weighted by Gasteiger charge is 2.12. The second-order valence-corrected chi connectivity index (χ2v) is 4.83. The lowest BCUT2D eigenvalue weighted by molar-refractivity contribution is -0.120. The van der Waals surface area contributed by atoms with Gasteiger partial charge in [0.05, 0.1) is 5.56 Å². The summed E-state index contributed by atoms with van der Waals surface area (Å²) in [4.78, 5) is 19.2. The van der Waals surface area contributed by atoms with Crippen molar-refractivity contribution in [3.8, 4) is 28.3 Å². The Kier molecular flexibility index (Phi) is 4.12. The Balaban J connectivity index is 2.05. The van der Waals surface area contributed by atoms with Gasteiger partial charge in [0.25, 0.3) is 6.47 Å². The van der Waals surface area contributed by atoms with Crippen LogP contribution in [0.15, 0.2) is 60.8 Å². The van der Waals surface area contributed by atoms with Crippen molar-refractivity contribution >= 4 is 18.1 Å². The van der Waals surface area contributed by atoms with Gasteiger partial charge < -0.3 is 4.74 Å². The smallest absolute Gasteiger partial charge is 0.298 e. The third kappa shape index (κ3) is 2.82. The summed E-state index contributed by atoms with van der Waals surface area (Å²) >= 11 is 6.28. The minimum absolute atomic E-state index is 0.345. The summed E-state index contributed by atoms with van der Waals surface area (Å²) in [6.45, 7) is 0.374. The monoisotopic (exact) mass is 310 g/mol. The van der Waals surface area contributed by atoms with Gasteiger partial charge in [0.15, 0.2) is 5.82 Å². The Morgan fingerprint density at radius 3 is 2.41 bits per heavy atom. The van der Waals surface area contributed by atoms with Gasteiger partial charge in [-0.3, -0.25) is 4.79 Å². The van der Waals surface area contributed by atoms with E-state index in [1.807, 2.05) is 36.4 Å². The molecule has 0 unspecified atom stereocenters. The first kappa shape index (κ1) is 14.2. The van der Waals surface area contributed by atoms with E-state index in [1.165, 1.54) is 0 Å². The number of nitrogens with zero attached hydrogens (tertiary/aromatic N) is 2. The van der Waals surface area contributed by atoms with E-state index < -0.39 is 0 Å². The Hall–Kier alpha value is -2.72. The number of para-hydroxylation sites is 1. The summed E-state index contributed by atoms with van der Waals surface area (Å²) in [6, 6.07) is 16.7. The molecular formula is C17H11ClN2O2. The molecule has 22 heavy (non-hydrogen) atoms. The van der Waals surface area contributed by atoms with E-state index in [4.69, 9.17) is 16.3 Å². The molecule has 0 atom stereocenters. The molecule has 0 amide bonds. The lowest BCUT2D eigenvalue weighted by Crippen LogP contribution is -1.96. The van der Waals surface area contributed by atoms with E-state index in [-0.39, 0.29) is 0 Å². The van der Waals surface area contributed by atoms with Gasteiger partial charge in [-0.1, -0.05) is 54.1 Å². The van der Waals surface area contributed by atoms with Crippen molar-refractivity contribution < 1.29 is 9.53 Å². The molecule has 0 fully saturated rings. The molecular weight excluding hydrogens is 300 g/mol. The number of rotatable bonds is 4. The SMILES string of the molecule is O=COc1ccccc1-c1ncc(-c2ccccc2)c(Cl)n1. The quantitative estimate of drug-likeness (QED) is 0.540. The molecule has 4 nitrogen and oxygen atoms in total. The van der Waals surface area contributed by atoms with Gasteiger partial charge >= 0.3 is 0 Å². The second-order valence-electron chi connectivity index (χ2n) is 4.47. The molecule has 1 aromatic heterocycles. The van der Waals surface area contributed by atoms with Crippen LogP contribution in [0, 0.1) is 0 Å². The zero-order valence-electron chi connectivity index (χ0n) is 11.4. The van der Waals surface area contributed by atoms with Crippen LogP contribution in [0.5, 0.6) is 5.75 Å². The molecule has 0 radical (unpaired) electrons. The zero-order chi connectivity index (χ0) is 15.4. The summed E-state index contributed by atoms with van der Waals surface area (Å²) in [6.07, 6.45) is 1.66. The van der Waals surface area contributed by atoms with Gasteiger partial charge in [-0.25, -0.2) is 9.97 Å². The summed E-state index contributed by atoms with van der Waals surface area (Å²) in [7, 11) is 0. The minimum Gasteiger partial charge on any atom is -0.428 e. The van der Waals surface area contributed by atoms with Crippen molar-refractivity contribution in [2.45, 2.75) is 0 Å². The number of benzene rings is 2. The van der Waals surface area contributed by atoms with E-state index >= 15 is 0 Å². The number of aromatic nitrogens is 2. The standard InChI is InChI=1S/C17H11ClN2O2/c18-16-14(12-6-2-1-3-7-12)10-19-17(20-16)13-8-4-5-9-15(13)22-11-21/h1-11H. The first-order valence-corrected chi connectivity index (χ1v) is 6.95. The van der Waals surface area contributed by atoms with Crippen LogP contribution in [0.2, 0.25) is 5.15 Å². The lowest BCUT2D eigenvalue weighted by Gasteiger charge is -2.08. The average molecular weight is 311 g/mol. The number of carbonyl (C=O) groups is 1. The van der Waals surface area contributed by atoms with Crippen molar-refractivity contribution in [2.24, 2.45) is 0 Å². The van der Waals surface area contributed by atoms with Crippen LogP contribution >= 0.6 is 11.6 Å². The molecule has 0 saturated heterocycles. The highest BCUT2D eigenvalue weighted by molar-refractivity contribution is 6.32. The maximum atomic E-state index is 10.6. The molecule has 5 heteroatoms. The van der Waals surface area contributed by atoms with Crippen molar-refractivity contribution in [3.05, 3.63) is 65.9 Å². The topological polar surface area (TPSA) is 52.1 Å². The van der Waals surface area contributed by atoms with Gasteiger partial charge in [-0.05, 0) is 17.7 Å². The van der Waals surface area contributed by atoms with Crippen LogP contribution in [0.1, 0.15) is 0 Å². The summed E-state index contributed by atoms with van der Waals surface area (Å²) in [5, 5.41) is 0.345. The fraction of sp³-hybridized carbons (Fsp3) is 0. The predicted molar refractivity (Wildman–Crippen MR) is 84.6 cm³/mol. The molecule has 0 saturated carbocycles. The Morgan fingerprint density at radius 1 is 0.955 bits per heavy atom. The normalized spacial score (nSPS) is 10.2. The Morgan fingerprint density at radius 2 is 1.68 bits per heavy atom. The Labute approximate surface area is 132 Å². The van der Waals surface area contributed by atoms with E-state index in [0.29, 0.717) is 28.8 Å². The summed E-state index contributed by atoms with van der Waals surface area (Å²) < 4.78 is 4.94. The number of hydrogen-bond acceptors (Lipinski definition) is 4. The van der Waals surface area contributed by atoms with Crippen LogP contribution in [0.3, 0.4) is 0 Å². The molecule has 0 aliphatic carbocycles. The van der Waals surface area contributed by atoms with Crippen molar-refractivity contribution in [2.75, 3.05) is 0 Å². The molecule has 0 bridgehead atoms. The highest BCUT2D eigenvalue weighted by atomic mass is 35.5. The van der Waals surface area contributed by atoms with Crippen molar-refractivity contribution in [1.82, 2.24) is 9.97 Å². The maximum absolute atomic E-state index is 10.6. The molecule has 0 N–H and O–H groups in total. The van der Waals surface area contributed by atoms with Gasteiger partial charge in [0.2, 0.25) is 0 Å². The van der Waals surface area contributed by atoms with Gasteiger partial charge in [-0.15, -0.1) is 0 Å². The third-order valence-corrected chi connectivity index (χ3v) is 3.42. The minimum atomic E-state index is 0.345. The van der Waals surface area contributed by atoms with E-state index in [9.17, 15) is 4.79 Å². The molecule has 1 heterocycles. The number of carbonyl (C=O) groups excluding carboxylic acids is 1. The molecule has 0 spiro atoms. The summed E-state index contributed by atoms with van der Waals surface area (Å²) in [5.74, 6) is 0.795. The predicted octanol–water partition coefficient (Wildman–Crippen LogP) is 4.00. The number of ether oxygens (including phenoxy) is 1. The fourth-order valence-corrected chi connectivity index (χ4v) is 2.35. The number of halogens is 1. The van der Waals surface area contributed by atoms with Crippen LogP contribution in [-0.4, -0.2) is 16.4 Å². The van der Waals surface area contributed by atoms with E-state index in [0.717, 1.165) is 11.1 Å². The van der Waals surface area contributed by atoms with Gasteiger partial charge in [0, 0.05) is 11.8 Å². The number of hydrogen-bond donors (Lipinski definition) is 0. The zero-order valence-corrected chi connectivity index (χ0v) is 12.2. The summed E-state index contributed by atoms with van der Waals surface area (Å²) in [5.41, 5.74) is 2.30. The lowest BCUT2D eigenvalue weighted by atomic mass is 10.1. The molecule has 0 aliphatic heterocycles. The first-order valence-electron chi connectivity index (χ1n) is 6.57. The van der Waals surface area contributed by atoms with E-state index in [2.05, 4.69) is 9.97 Å². The third-order valence-electron chi connectivity index (χ3n) is 3.13. The second kappa shape index (κ2) is 6.37. The molecule has 108 valence electrons. The first-order chi connectivity index (χ1) is 10.8. The van der Waals surface area contributed by atoms with E-state index in [1.54, 1.807) is 24.4 Å². The van der Waals surface area contributed by atoms with Gasteiger partial charge in [-0.2, -0.15) is 0 Å². The molecule has 3 aromatic rings. The van der Waals surface area contributed by atoms with Crippen LogP contribution in [-0.2, 0) is 4.79 Å². The van der Waals surface area contributed by atoms with Gasteiger partial charge in [0.1, 0.15) is 10.9 Å². The molecule has 2 aromatic carbocycles. The molecule has 0 aliphatic rings. The van der Waals surface area contributed by atoms with Crippen LogP contribution < -0.4 is 4.74 Å². The fourth-order valence-electron chi connectivity index (χ4n) is 2.11. The maximum Gasteiger partial charge on any atom is 0.298 e. The Bertz CT molecular complexity index is 807. The average Bonchev–Trinajstić information content (AvgIpc) is 2.56.